The van der Waals surface area contributed by atoms with Gasteiger partial charge in [0.2, 0.25) is 0 Å². The first-order valence-electron chi connectivity index (χ1n) is 6.65. The Labute approximate surface area is 121 Å². The number of hydrogen-bond donors (Lipinski definition) is 1. The summed E-state index contributed by atoms with van der Waals surface area (Å²) < 4.78 is 0. The lowest BCUT2D eigenvalue weighted by Crippen LogP contribution is -2.20. The predicted molar refractivity (Wildman–Crippen MR) is 82.1 cm³/mol. The average Bonchev–Trinajstić information content (AvgIpc) is 2.27. The zero-order chi connectivity index (χ0) is 14.6. The van der Waals surface area contributed by atoms with Crippen LogP contribution in [0.1, 0.15) is 38.6 Å². The van der Waals surface area contributed by atoms with Gasteiger partial charge in [0.1, 0.15) is 16.8 Å². The molecule has 0 atom stereocenters. The molecule has 0 fully saturated rings. The zero-order valence-electron chi connectivity index (χ0n) is 12.8. The summed E-state index contributed by atoms with van der Waals surface area (Å²) in [6, 6.07) is 0. The molecule has 0 amide bonds. The van der Waals surface area contributed by atoms with Crippen LogP contribution in [0.2, 0.25) is 5.15 Å². The molecule has 0 aliphatic carbocycles. The number of hydrogen-bond acceptors (Lipinski definition) is 4. The van der Waals surface area contributed by atoms with Gasteiger partial charge in [-0.15, -0.1) is 0 Å². The Balaban J connectivity index is 2.79. The number of rotatable bonds is 5. The number of nitrogens with zero attached hydrogens (tertiary/aromatic N) is 3. The Hall–Kier alpha value is -0.870. The van der Waals surface area contributed by atoms with Crippen molar-refractivity contribution in [3.05, 3.63) is 16.5 Å². The highest BCUT2D eigenvalue weighted by Gasteiger charge is 2.20. The lowest BCUT2D eigenvalue weighted by molar-refractivity contribution is 0.405. The third kappa shape index (κ3) is 4.96. The molecule has 1 N–H and O–H groups in total. The van der Waals surface area contributed by atoms with Crippen molar-refractivity contribution in [1.29, 1.82) is 0 Å². The third-order valence-electron chi connectivity index (χ3n) is 2.83. The van der Waals surface area contributed by atoms with Gasteiger partial charge in [-0.2, -0.15) is 0 Å². The minimum Gasteiger partial charge on any atom is -0.370 e. The molecule has 0 aliphatic heterocycles. The largest absolute Gasteiger partial charge is 0.370 e. The summed E-state index contributed by atoms with van der Waals surface area (Å²) in [5, 5.41) is 3.90. The van der Waals surface area contributed by atoms with E-state index < -0.39 is 0 Å². The molecule has 0 unspecified atom stereocenters. The SMILES string of the molecule is Cc1c(Cl)nc(C(C)(C)C)nc1NCCCN(C)C. The average molecular weight is 285 g/mol. The summed E-state index contributed by atoms with van der Waals surface area (Å²) in [4.78, 5) is 11.1. The normalized spacial score (nSPS) is 12.0. The van der Waals surface area contributed by atoms with Gasteiger partial charge < -0.3 is 10.2 Å². The number of halogens is 1. The Kier molecular flexibility index (Phi) is 5.56. The maximum atomic E-state index is 6.19. The van der Waals surface area contributed by atoms with E-state index in [1.807, 2.05) is 6.92 Å². The van der Waals surface area contributed by atoms with E-state index in [9.17, 15) is 0 Å². The van der Waals surface area contributed by atoms with Gasteiger partial charge in [0.15, 0.2) is 0 Å². The molecule has 1 rings (SSSR count). The summed E-state index contributed by atoms with van der Waals surface area (Å²) in [5.74, 6) is 1.63. The maximum absolute atomic E-state index is 6.19. The van der Waals surface area contributed by atoms with Crippen LogP contribution in [0.25, 0.3) is 0 Å². The number of nitrogens with one attached hydrogen (secondary N) is 1. The minimum absolute atomic E-state index is 0.0998. The van der Waals surface area contributed by atoms with Gasteiger partial charge in [0, 0.05) is 17.5 Å². The molecular formula is C14H25ClN4. The highest BCUT2D eigenvalue weighted by molar-refractivity contribution is 6.30. The lowest BCUT2D eigenvalue weighted by atomic mass is 9.95. The second-order valence-electron chi connectivity index (χ2n) is 6.15. The van der Waals surface area contributed by atoms with Crippen LogP contribution in [0.5, 0.6) is 0 Å². The van der Waals surface area contributed by atoms with Gasteiger partial charge in [0.25, 0.3) is 0 Å². The van der Waals surface area contributed by atoms with E-state index in [0.717, 1.165) is 36.7 Å². The smallest absolute Gasteiger partial charge is 0.137 e. The fraction of sp³-hybridized carbons (Fsp3) is 0.714. The lowest BCUT2D eigenvalue weighted by Gasteiger charge is -2.19. The number of anilines is 1. The second kappa shape index (κ2) is 6.53. The quantitative estimate of drug-likeness (QED) is 0.666. The van der Waals surface area contributed by atoms with E-state index in [1.165, 1.54) is 0 Å². The highest BCUT2D eigenvalue weighted by Crippen LogP contribution is 2.25. The first-order valence-corrected chi connectivity index (χ1v) is 7.03. The summed E-state index contributed by atoms with van der Waals surface area (Å²) in [5.41, 5.74) is 0.816. The van der Waals surface area contributed by atoms with Crippen molar-refractivity contribution in [1.82, 2.24) is 14.9 Å². The zero-order valence-corrected chi connectivity index (χ0v) is 13.6. The van der Waals surface area contributed by atoms with Crippen LogP contribution >= 0.6 is 11.6 Å². The van der Waals surface area contributed by atoms with Gasteiger partial charge in [-0.1, -0.05) is 32.4 Å². The van der Waals surface area contributed by atoms with Gasteiger partial charge >= 0.3 is 0 Å². The molecule has 0 saturated heterocycles. The molecule has 0 bridgehead atoms. The van der Waals surface area contributed by atoms with Crippen LogP contribution in [0.4, 0.5) is 5.82 Å². The molecule has 1 aromatic rings. The molecule has 0 spiro atoms. The van der Waals surface area contributed by atoms with E-state index in [1.54, 1.807) is 0 Å². The van der Waals surface area contributed by atoms with Crippen molar-refractivity contribution in [2.75, 3.05) is 32.5 Å². The Bertz CT molecular complexity index is 424. The van der Waals surface area contributed by atoms with Gasteiger partial charge in [-0.25, -0.2) is 9.97 Å². The molecule has 0 aliphatic rings. The minimum atomic E-state index is -0.0998. The molecular weight excluding hydrogens is 260 g/mol. The first kappa shape index (κ1) is 16.2. The summed E-state index contributed by atoms with van der Waals surface area (Å²) in [6.45, 7) is 10.1. The molecule has 0 aromatic carbocycles. The predicted octanol–water partition coefficient (Wildman–Crippen LogP) is 3.10. The molecule has 1 heterocycles. The topological polar surface area (TPSA) is 41.1 Å². The van der Waals surface area contributed by atoms with E-state index in [2.05, 4.69) is 55.1 Å². The fourth-order valence-corrected chi connectivity index (χ4v) is 1.77. The van der Waals surface area contributed by atoms with Crippen LogP contribution in [0, 0.1) is 6.92 Å². The highest BCUT2D eigenvalue weighted by atomic mass is 35.5. The van der Waals surface area contributed by atoms with E-state index in [0.29, 0.717) is 5.15 Å². The molecule has 108 valence electrons. The Morgan fingerprint density at radius 2 is 1.84 bits per heavy atom. The summed E-state index contributed by atoms with van der Waals surface area (Å²) in [6.07, 6.45) is 1.07. The fourth-order valence-electron chi connectivity index (χ4n) is 1.60. The molecule has 19 heavy (non-hydrogen) atoms. The molecule has 1 aromatic heterocycles. The van der Waals surface area contributed by atoms with Crippen molar-refractivity contribution < 1.29 is 0 Å². The number of aromatic nitrogens is 2. The molecule has 5 heteroatoms. The van der Waals surface area contributed by atoms with E-state index >= 15 is 0 Å². The van der Waals surface area contributed by atoms with Crippen LogP contribution in [-0.2, 0) is 5.41 Å². The van der Waals surface area contributed by atoms with Crippen molar-refractivity contribution in [2.45, 2.75) is 39.5 Å². The van der Waals surface area contributed by atoms with Gasteiger partial charge in [0.05, 0.1) is 0 Å². The Morgan fingerprint density at radius 1 is 1.21 bits per heavy atom. The van der Waals surface area contributed by atoms with Crippen LogP contribution < -0.4 is 5.32 Å². The van der Waals surface area contributed by atoms with Crippen molar-refractivity contribution in [2.24, 2.45) is 0 Å². The molecule has 0 radical (unpaired) electrons. The maximum Gasteiger partial charge on any atom is 0.137 e. The van der Waals surface area contributed by atoms with Crippen molar-refractivity contribution in [3.63, 3.8) is 0 Å². The Morgan fingerprint density at radius 3 is 2.37 bits per heavy atom. The summed E-state index contributed by atoms with van der Waals surface area (Å²) in [7, 11) is 4.15. The molecule has 4 nitrogen and oxygen atoms in total. The third-order valence-corrected chi connectivity index (χ3v) is 3.20. The first-order chi connectivity index (χ1) is 8.71. The van der Waals surface area contributed by atoms with Crippen LogP contribution in [0.15, 0.2) is 0 Å². The van der Waals surface area contributed by atoms with Crippen LogP contribution in [0.3, 0.4) is 0 Å². The molecule has 0 saturated carbocycles. The van der Waals surface area contributed by atoms with Gasteiger partial charge in [-0.3, -0.25) is 0 Å². The van der Waals surface area contributed by atoms with Crippen LogP contribution in [-0.4, -0.2) is 42.1 Å². The summed E-state index contributed by atoms with van der Waals surface area (Å²) >= 11 is 6.19. The standard InChI is InChI=1S/C14H25ClN4/c1-10-11(15)17-13(14(2,3)4)18-12(10)16-8-7-9-19(5)6/h7-9H2,1-6H3,(H,16,17,18). The van der Waals surface area contributed by atoms with Gasteiger partial charge in [-0.05, 0) is 34.0 Å². The van der Waals surface area contributed by atoms with E-state index in [4.69, 9.17) is 11.6 Å². The van der Waals surface area contributed by atoms with Crippen molar-refractivity contribution in [3.8, 4) is 0 Å². The monoisotopic (exact) mass is 284 g/mol. The second-order valence-corrected chi connectivity index (χ2v) is 6.50. The van der Waals surface area contributed by atoms with E-state index in [-0.39, 0.29) is 5.41 Å². The van der Waals surface area contributed by atoms with Crippen molar-refractivity contribution >= 4 is 17.4 Å².